The van der Waals surface area contributed by atoms with Crippen molar-refractivity contribution in [2.75, 3.05) is 12.4 Å². The van der Waals surface area contributed by atoms with Crippen LogP contribution in [-0.4, -0.2) is 17.1 Å². The molecule has 0 radical (unpaired) electrons. The summed E-state index contributed by atoms with van der Waals surface area (Å²) in [5, 5.41) is 3.04. The van der Waals surface area contributed by atoms with Crippen LogP contribution >= 0.6 is 31.9 Å². The van der Waals surface area contributed by atoms with E-state index < -0.39 is 0 Å². The Bertz CT molecular complexity index is 628. The fourth-order valence-electron chi connectivity index (χ4n) is 1.35. The summed E-state index contributed by atoms with van der Waals surface area (Å²) >= 11 is 6.57. The van der Waals surface area contributed by atoms with E-state index >= 15 is 0 Å². The van der Waals surface area contributed by atoms with Crippen molar-refractivity contribution in [1.29, 1.82) is 0 Å². The first kappa shape index (κ1) is 13.1. The minimum Gasteiger partial charge on any atom is -0.496 e. The van der Waals surface area contributed by atoms with Crippen molar-refractivity contribution in [1.82, 2.24) is 9.97 Å². The molecule has 5 nitrogen and oxygen atoms in total. The van der Waals surface area contributed by atoms with Crippen LogP contribution in [0.1, 0.15) is 0 Å². The highest BCUT2D eigenvalue weighted by atomic mass is 79.9. The van der Waals surface area contributed by atoms with Gasteiger partial charge in [-0.1, -0.05) is 0 Å². The molecule has 0 aliphatic carbocycles. The van der Waals surface area contributed by atoms with E-state index in [0.29, 0.717) is 10.3 Å². The molecule has 0 unspecified atom stereocenters. The Morgan fingerprint density at radius 1 is 1.39 bits per heavy atom. The van der Waals surface area contributed by atoms with Crippen molar-refractivity contribution in [3.05, 3.63) is 43.8 Å². The van der Waals surface area contributed by atoms with Crippen LogP contribution in [0.15, 0.2) is 38.3 Å². The summed E-state index contributed by atoms with van der Waals surface area (Å²) in [5.41, 5.74) is 0.557. The first-order valence-corrected chi connectivity index (χ1v) is 6.54. The van der Waals surface area contributed by atoms with Crippen LogP contribution in [0.2, 0.25) is 0 Å². The average molecular weight is 375 g/mol. The highest BCUT2D eigenvalue weighted by Gasteiger charge is 2.07. The highest BCUT2D eigenvalue weighted by molar-refractivity contribution is 9.11. The lowest BCUT2D eigenvalue weighted by Crippen LogP contribution is -2.10. The van der Waals surface area contributed by atoms with E-state index in [4.69, 9.17) is 4.74 Å². The van der Waals surface area contributed by atoms with E-state index in [1.165, 1.54) is 6.33 Å². The summed E-state index contributed by atoms with van der Waals surface area (Å²) in [7, 11) is 1.60. The third kappa shape index (κ3) is 2.73. The van der Waals surface area contributed by atoms with Crippen molar-refractivity contribution >= 4 is 43.4 Å². The first-order chi connectivity index (χ1) is 8.61. The summed E-state index contributed by atoms with van der Waals surface area (Å²) in [6.07, 6.45) is 1.34. The second-order valence-electron chi connectivity index (χ2n) is 3.37. The minimum absolute atomic E-state index is 0.236. The Morgan fingerprint density at radius 3 is 2.83 bits per heavy atom. The summed E-state index contributed by atoms with van der Waals surface area (Å²) < 4.78 is 6.31. The maximum atomic E-state index is 11.4. The van der Waals surface area contributed by atoms with E-state index in [2.05, 4.69) is 47.1 Å². The van der Waals surface area contributed by atoms with Gasteiger partial charge in [0.2, 0.25) is 0 Å². The third-order valence-electron chi connectivity index (χ3n) is 2.21. The number of nitrogens with one attached hydrogen (secondary N) is 2. The van der Waals surface area contributed by atoms with Gasteiger partial charge in [0, 0.05) is 5.69 Å². The van der Waals surface area contributed by atoms with Crippen LogP contribution < -0.4 is 15.6 Å². The van der Waals surface area contributed by atoms with Gasteiger partial charge in [-0.05, 0) is 50.1 Å². The van der Waals surface area contributed by atoms with Gasteiger partial charge in [-0.15, -0.1) is 0 Å². The number of hydrogen-bond donors (Lipinski definition) is 2. The zero-order valence-electron chi connectivity index (χ0n) is 9.33. The van der Waals surface area contributed by atoms with E-state index in [-0.39, 0.29) is 5.56 Å². The number of rotatable bonds is 3. The average Bonchev–Trinajstić information content (AvgIpc) is 2.35. The monoisotopic (exact) mass is 373 g/mol. The number of anilines is 2. The SMILES string of the molecule is COc1ccc(Nc2nc[nH]c(=O)c2Br)cc1Br. The van der Waals surface area contributed by atoms with Crippen LogP contribution in [-0.2, 0) is 0 Å². The number of ether oxygens (including phenoxy) is 1. The molecule has 0 atom stereocenters. The number of methoxy groups -OCH3 is 1. The maximum Gasteiger partial charge on any atom is 0.267 e. The summed E-state index contributed by atoms with van der Waals surface area (Å²) in [6.45, 7) is 0. The number of hydrogen-bond acceptors (Lipinski definition) is 4. The molecule has 0 saturated carbocycles. The molecule has 2 rings (SSSR count). The number of aromatic amines is 1. The van der Waals surface area contributed by atoms with Crippen LogP contribution in [0.4, 0.5) is 11.5 Å². The lowest BCUT2D eigenvalue weighted by Gasteiger charge is -2.09. The molecule has 1 heterocycles. The van der Waals surface area contributed by atoms with Crippen molar-refractivity contribution < 1.29 is 4.74 Å². The van der Waals surface area contributed by atoms with Gasteiger partial charge < -0.3 is 15.0 Å². The molecule has 0 aliphatic rings. The van der Waals surface area contributed by atoms with Crippen LogP contribution in [0, 0.1) is 0 Å². The summed E-state index contributed by atoms with van der Waals surface area (Å²) in [6, 6.07) is 5.49. The van der Waals surface area contributed by atoms with E-state index in [0.717, 1.165) is 15.9 Å². The normalized spacial score (nSPS) is 10.2. The second kappa shape index (κ2) is 5.53. The Kier molecular flexibility index (Phi) is 4.03. The Hall–Kier alpha value is -1.34. The van der Waals surface area contributed by atoms with Crippen molar-refractivity contribution in [2.24, 2.45) is 0 Å². The molecule has 94 valence electrons. The molecule has 1 aromatic heterocycles. The Labute approximate surface area is 120 Å². The van der Waals surface area contributed by atoms with Gasteiger partial charge in [-0.3, -0.25) is 4.79 Å². The van der Waals surface area contributed by atoms with Gasteiger partial charge in [0.25, 0.3) is 5.56 Å². The predicted molar refractivity (Wildman–Crippen MR) is 76.5 cm³/mol. The smallest absolute Gasteiger partial charge is 0.267 e. The van der Waals surface area contributed by atoms with Crippen molar-refractivity contribution in [3.8, 4) is 5.75 Å². The van der Waals surface area contributed by atoms with Gasteiger partial charge in [-0.25, -0.2) is 4.98 Å². The highest BCUT2D eigenvalue weighted by Crippen LogP contribution is 2.29. The molecule has 1 aromatic carbocycles. The summed E-state index contributed by atoms with van der Waals surface area (Å²) in [4.78, 5) is 17.9. The zero-order valence-corrected chi connectivity index (χ0v) is 12.5. The van der Waals surface area contributed by atoms with Gasteiger partial charge in [0.15, 0.2) is 5.82 Å². The van der Waals surface area contributed by atoms with Gasteiger partial charge >= 0.3 is 0 Å². The third-order valence-corrected chi connectivity index (χ3v) is 3.57. The van der Waals surface area contributed by atoms with Crippen molar-refractivity contribution in [2.45, 2.75) is 0 Å². The van der Waals surface area contributed by atoms with Crippen molar-refractivity contribution in [3.63, 3.8) is 0 Å². The quantitative estimate of drug-likeness (QED) is 0.866. The number of H-pyrrole nitrogens is 1. The molecule has 0 spiro atoms. The molecular weight excluding hydrogens is 366 g/mol. The van der Waals surface area contributed by atoms with Gasteiger partial charge in [0.1, 0.15) is 10.2 Å². The number of benzene rings is 1. The van der Waals surface area contributed by atoms with Crippen LogP contribution in [0.25, 0.3) is 0 Å². The topological polar surface area (TPSA) is 67.0 Å². The predicted octanol–water partition coefficient (Wildman–Crippen LogP) is 3.05. The molecule has 0 amide bonds. The largest absolute Gasteiger partial charge is 0.496 e. The molecule has 7 heteroatoms. The van der Waals surface area contributed by atoms with E-state index in [1.807, 2.05) is 18.2 Å². The number of halogens is 2. The lowest BCUT2D eigenvalue weighted by atomic mass is 10.3. The second-order valence-corrected chi connectivity index (χ2v) is 5.02. The van der Waals surface area contributed by atoms with Crippen LogP contribution in [0.5, 0.6) is 5.75 Å². The molecule has 0 bridgehead atoms. The fourth-order valence-corrected chi connectivity index (χ4v) is 2.21. The summed E-state index contributed by atoms with van der Waals surface area (Å²) in [5.74, 6) is 1.19. The lowest BCUT2D eigenvalue weighted by molar-refractivity contribution is 0.412. The number of aromatic nitrogens is 2. The molecule has 0 saturated heterocycles. The van der Waals surface area contributed by atoms with Gasteiger partial charge in [-0.2, -0.15) is 0 Å². The maximum absolute atomic E-state index is 11.4. The van der Waals surface area contributed by atoms with Crippen LogP contribution in [0.3, 0.4) is 0 Å². The first-order valence-electron chi connectivity index (χ1n) is 4.95. The Balaban J connectivity index is 2.32. The molecule has 2 N–H and O–H groups in total. The molecule has 0 fully saturated rings. The van der Waals surface area contributed by atoms with Gasteiger partial charge in [0.05, 0.1) is 17.9 Å². The number of nitrogens with zero attached hydrogens (tertiary/aromatic N) is 1. The fraction of sp³-hybridized carbons (Fsp3) is 0.0909. The molecule has 2 aromatic rings. The zero-order chi connectivity index (χ0) is 13.1. The minimum atomic E-state index is -0.236. The molecule has 18 heavy (non-hydrogen) atoms. The molecular formula is C11H9Br2N3O2. The van der Waals surface area contributed by atoms with E-state index in [1.54, 1.807) is 7.11 Å². The standard InChI is InChI=1S/C11H9Br2N3O2/c1-18-8-3-2-6(4-7(8)12)16-10-9(13)11(17)15-5-14-10/h2-5H,1H3,(H2,14,15,16,17). The van der Waals surface area contributed by atoms with E-state index in [9.17, 15) is 4.79 Å². The molecule has 0 aliphatic heterocycles. The Morgan fingerprint density at radius 2 is 2.17 bits per heavy atom.